The van der Waals surface area contributed by atoms with Crippen LogP contribution in [0.3, 0.4) is 0 Å². The first-order valence-corrected chi connectivity index (χ1v) is 9.05. The zero-order valence-electron chi connectivity index (χ0n) is 12.6. The normalized spacial score (nSPS) is 20.2. The van der Waals surface area contributed by atoms with Crippen LogP contribution < -0.4 is 5.32 Å². The third-order valence-electron chi connectivity index (χ3n) is 3.90. The molecule has 1 aromatic heterocycles. The summed E-state index contributed by atoms with van der Waals surface area (Å²) in [5, 5.41) is 3.64. The lowest BCUT2D eigenvalue weighted by Gasteiger charge is -2.13. The number of fused-ring (bicyclic) bond motifs is 1. The van der Waals surface area contributed by atoms with Crippen LogP contribution in [0.5, 0.6) is 0 Å². The van der Waals surface area contributed by atoms with Gasteiger partial charge in [-0.05, 0) is 38.5 Å². The summed E-state index contributed by atoms with van der Waals surface area (Å²) in [7, 11) is -3.01. The van der Waals surface area contributed by atoms with Crippen LogP contribution in [-0.2, 0) is 9.84 Å². The van der Waals surface area contributed by atoms with Gasteiger partial charge in [-0.25, -0.2) is 8.42 Å². The average molecular weight is 318 g/mol. The van der Waals surface area contributed by atoms with Gasteiger partial charge in [-0.2, -0.15) is 0 Å². The molecule has 5 nitrogen and oxygen atoms in total. The Balaban J connectivity index is 1.95. The van der Waals surface area contributed by atoms with Crippen molar-refractivity contribution in [1.82, 2.24) is 10.3 Å². The van der Waals surface area contributed by atoms with Crippen molar-refractivity contribution in [2.75, 3.05) is 11.5 Å². The lowest BCUT2D eigenvalue weighted by molar-refractivity contribution is 0.0942. The van der Waals surface area contributed by atoms with Gasteiger partial charge in [0.25, 0.3) is 5.91 Å². The molecule has 0 unspecified atom stereocenters. The van der Waals surface area contributed by atoms with Gasteiger partial charge in [-0.1, -0.05) is 11.6 Å². The van der Waals surface area contributed by atoms with Gasteiger partial charge in [-0.3, -0.25) is 9.78 Å². The van der Waals surface area contributed by atoms with E-state index >= 15 is 0 Å². The third-order valence-corrected chi connectivity index (χ3v) is 5.67. The number of carbonyl (C=O) groups excluding carboxylic acids is 1. The van der Waals surface area contributed by atoms with Gasteiger partial charge in [0.2, 0.25) is 0 Å². The molecule has 1 atom stereocenters. The van der Waals surface area contributed by atoms with Gasteiger partial charge in [0.05, 0.1) is 22.6 Å². The van der Waals surface area contributed by atoms with Gasteiger partial charge in [0.15, 0.2) is 9.84 Å². The highest BCUT2D eigenvalue weighted by Crippen LogP contribution is 2.21. The number of rotatable bonds is 2. The molecule has 1 saturated heterocycles. The Morgan fingerprint density at radius 3 is 2.73 bits per heavy atom. The Bertz CT molecular complexity index is 859. The number of sulfone groups is 1. The minimum atomic E-state index is -3.01. The summed E-state index contributed by atoms with van der Waals surface area (Å²) in [5.41, 5.74) is 3.14. The van der Waals surface area contributed by atoms with Crippen molar-refractivity contribution in [2.24, 2.45) is 0 Å². The maximum atomic E-state index is 12.6. The molecule has 3 rings (SSSR count). The lowest BCUT2D eigenvalue weighted by atomic mass is 10.0. The zero-order valence-corrected chi connectivity index (χ0v) is 13.4. The van der Waals surface area contributed by atoms with Crippen molar-refractivity contribution in [3.8, 4) is 0 Å². The molecule has 1 amide bonds. The Labute approximate surface area is 129 Å². The number of hydrogen-bond acceptors (Lipinski definition) is 4. The molecule has 1 aliphatic rings. The minimum Gasteiger partial charge on any atom is -0.348 e. The van der Waals surface area contributed by atoms with E-state index < -0.39 is 9.84 Å². The van der Waals surface area contributed by atoms with Crippen LogP contribution >= 0.6 is 0 Å². The van der Waals surface area contributed by atoms with Crippen LogP contribution in [0, 0.1) is 13.8 Å². The zero-order chi connectivity index (χ0) is 15.9. The summed E-state index contributed by atoms with van der Waals surface area (Å²) in [5.74, 6) is -0.0596. The molecular weight excluding hydrogens is 300 g/mol. The molecule has 116 valence electrons. The summed E-state index contributed by atoms with van der Waals surface area (Å²) in [6, 6.07) is 7.24. The van der Waals surface area contributed by atoms with E-state index in [1.165, 1.54) is 0 Å². The number of benzene rings is 1. The van der Waals surface area contributed by atoms with Gasteiger partial charge < -0.3 is 5.32 Å². The maximum absolute atomic E-state index is 12.6. The molecule has 2 aromatic rings. The van der Waals surface area contributed by atoms with E-state index in [0.717, 1.165) is 22.2 Å². The molecule has 0 spiro atoms. The molecule has 1 N–H and O–H groups in total. The second-order valence-electron chi connectivity index (χ2n) is 5.91. The standard InChI is InChI=1S/C16H18N2O3S/c1-10-3-4-15-13(7-10)14(8-11(2)17-15)16(19)18-12-5-6-22(20,21)9-12/h3-4,7-8,12H,5-6,9H2,1-2H3,(H,18,19)/t12-/m0/s1. The summed E-state index contributed by atoms with van der Waals surface area (Å²) in [4.78, 5) is 17.0. The highest BCUT2D eigenvalue weighted by atomic mass is 32.2. The van der Waals surface area contributed by atoms with E-state index in [-0.39, 0.29) is 23.5 Å². The number of pyridine rings is 1. The van der Waals surface area contributed by atoms with Crippen LogP contribution in [0.2, 0.25) is 0 Å². The fraction of sp³-hybridized carbons (Fsp3) is 0.375. The van der Waals surface area contributed by atoms with E-state index in [9.17, 15) is 13.2 Å². The fourth-order valence-electron chi connectivity index (χ4n) is 2.83. The second kappa shape index (κ2) is 5.35. The molecule has 2 heterocycles. The minimum absolute atomic E-state index is 0.0275. The summed E-state index contributed by atoms with van der Waals surface area (Å²) in [6.45, 7) is 3.81. The van der Waals surface area contributed by atoms with Gasteiger partial charge in [0.1, 0.15) is 0 Å². The quantitative estimate of drug-likeness (QED) is 0.915. The largest absolute Gasteiger partial charge is 0.348 e. The van der Waals surface area contributed by atoms with Crippen molar-refractivity contribution in [2.45, 2.75) is 26.3 Å². The molecule has 0 saturated carbocycles. The predicted octanol–water partition coefficient (Wildman–Crippen LogP) is 1.77. The summed E-state index contributed by atoms with van der Waals surface area (Å²) in [6.07, 6.45) is 0.481. The Morgan fingerprint density at radius 2 is 2.05 bits per heavy atom. The van der Waals surface area contributed by atoms with Gasteiger partial charge in [-0.15, -0.1) is 0 Å². The lowest BCUT2D eigenvalue weighted by Crippen LogP contribution is -2.35. The first-order chi connectivity index (χ1) is 10.3. The molecule has 6 heteroatoms. The van der Waals surface area contributed by atoms with E-state index in [4.69, 9.17) is 0 Å². The molecule has 1 fully saturated rings. The maximum Gasteiger partial charge on any atom is 0.252 e. The van der Waals surface area contributed by atoms with E-state index in [1.54, 1.807) is 6.07 Å². The number of nitrogens with zero attached hydrogens (tertiary/aromatic N) is 1. The van der Waals surface area contributed by atoms with E-state index in [2.05, 4.69) is 10.3 Å². The molecule has 1 aromatic carbocycles. The first kappa shape index (κ1) is 15.0. The average Bonchev–Trinajstić information content (AvgIpc) is 2.77. The Morgan fingerprint density at radius 1 is 1.27 bits per heavy atom. The topological polar surface area (TPSA) is 76.1 Å². The summed E-state index contributed by atoms with van der Waals surface area (Å²) < 4.78 is 23.0. The first-order valence-electron chi connectivity index (χ1n) is 7.23. The summed E-state index contributed by atoms with van der Waals surface area (Å²) >= 11 is 0. The number of aryl methyl sites for hydroxylation is 2. The van der Waals surface area contributed by atoms with Crippen LogP contribution in [-0.4, -0.2) is 36.9 Å². The second-order valence-corrected chi connectivity index (χ2v) is 8.13. The monoisotopic (exact) mass is 318 g/mol. The molecular formula is C16H18N2O3S. The van der Waals surface area contributed by atoms with Crippen molar-refractivity contribution in [1.29, 1.82) is 0 Å². The number of carbonyl (C=O) groups is 1. The fourth-order valence-corrected chi connectivity index (χ4v) is 4.51. The number of aromatic nitrogens is 1. The van der Waals surface area contributed by atoms with Crippen molar-refractivity contribution < 1.29 is 13.2 Å². The van der Waals surface area contributed by atoms with Crippen molar-refractivity contribution in [3.05, 3.63) is 41.1 Å². The highest BCUT2D eigenvalue weighted by molar-refractivity contribution is 7.91. The molecule has 0 radical (unpaired) electrons. The van der Waals surface area contributed by atoms with Gasteiger partial charge in [0, 0.05) is 17.1 Å². The predicted molar refractivity (Wildman–Crippen MR) is 85.7 cm³/mol. The Hall–Kier alpha value is -1.95. The highest BCUT2D eigenvalue weighted by Gasteiger charge is 2.29. The van der Waals surface area contributed by atoms with Crippen molar-refractivity contribution in [3.63, 3.8) is 0 Å². The Kier molecular flexibility index (Phi) is 3.64. The van der Waals surface area contributed by atoms with Crippen molar-refractivity contribution >= 4 is 26.6 Å². The van der Waals surface area contributed by atoms with Crippen LogP contribution in [0.4, 0.5) is 0 Å². The van der Waals surface area contributed by atoms with Crippen LogP contribution in [0.25, 0.3) is 10.9 Å². The smallest absolute Gasteiger partial charge is 0.252 e. The third kappa shape index (κ3) is 2.97. The number of amides is 1. The van der Waals surface area contributed by atoms with Crippen LogP contribution in [0.15, 0.2) is 24.3 Å². The van der Waals surface area contributed by atoms with Gasteiger partial charge >= 0.3 is 0 Å². The van der Waals surface area contributed by atoms with E-state index in [0.29, 0.717) is 12.0 Å². The molecule has 0 aliphatic carbocycles. The number of hydrogen-bond donors (Lipinski definition) is 1. The molecule has 1 aliphatic heterocycles. The SMILES string of the molecule is Cc1ccc2nc(C)cc(C(=O)N[C@H]3CCS(=O)(=O)C3)c2c1. The molecule has 22 heavy (non-hydrogen) atoms. The molecule has 0 bridgehead atoms. The number of nitrogens with one attached hydrogen (secondary N) is 1. The van der Waals surface area contributed by atoms with Crippen LogP contribution in [0.1, 0.15) is 28.0 Å². The van der Waals surface area contributed by atoms with E-state index in [1.807, 2.05) is 32.0 Å².